The molecule has 0 aliphatic heterocycles. The lowest BCUT2D eigenvalue weighted by Gasteiger charge is -2.26. The second kappa shape index (κ2) is 2.00. The fourth-order valence-electron chi connectivity index (χ4n) is 2.66. The topological polar surface area (TPSA) is 83.5 Å². The normalized spacial score (nSPS) is 56.6. The summed E-state index contributed by atoms with van der Waals surface area (Å²) in [6.07, 6.45) is -0.310. The molecule has 4 nitrogen and oxygen atoms in total. The lowest BCUT2D eigenvalue weighted by atomic mass is 9.89. The second-order valence-electron chi connectivity index (χ2n) is 4.04. The van der Waals surface area contributed by atoms with Crippen LogP contribution in [0.5, 0.6) is 0 Å². The first kappa shape index (κ1) is 8.01. The molecule has 0 radical (unpaired) electrons. The largest absolute Gasteiger partial charge is 0.480 e. The summed E-state index contributed by atoms with van der Waals surface area (Å²) in [6, 6.07) is 0. The van der Waals surface area contributed by atoms with Gasteiger partial charge in [0.05, 0.1) is 6.10 Å². The Bertz CT molecular complexity index is 242. The third kappa shape index (κ3) is 0.671. The van der Waals surface area contributed by atoms with Gasteiger partial charge in [-0.25, -0.2) is 0 Å². The highest BCUT2D eigenvalue weighted by molar-refractivity contribution is 5.81. The molecule has 0 aromatic rings. The van der Waals surface area contributed by atoms with Crippen LogP contribution in [-0.2, 0) is 4.79 Å². The zero-order valence-electron chi connectivity index (χ0n) is 6.90. The number of fused-ring (bicyclic) bond motifs is 1. The summed E-state index contributed by atoms with van der Waals surface area (Å²) in [5, 5.41) is 18.3. The van der Waals surface area contributed by atoms with Crippen molar-refractivity contribution in [2.75, 3.05) is 0 Å². The molecule has 68 valence electrons. The highest BCUT2D eigenvalue weighted by atomic mass is 16.4. The van der Waals surface area contributed by atoms with E-state index in [-0.39, 0.29) is 5.92 Å². The quantitative estimate of drug-likeness (QED) is 0.492. The molecule has 0 spiro atoms. The van der Waals surface area contributed by atoms with Crippen molar-refractivity contribution in [2.45, 2.75) is 25.0 Å². The number of hydrogen-bond acceptors (Lipinski definition) is 3. The van der Waals surface area contributed by atoms with Crippen LogP contribution >= 0.6 is 0 Å². The number of aliphatic hydroxyl groups excluding tert-OH is 1. The molecule has 4 N–H and O–H groups in total. The molecule has 0 aromatic heterocycles. The molecule has 0 saturated heterocycles. The number of aliphatic hydroxyl groups is 1. The van der Waals surface area contributed by atoms with Gasteiger partial charge in [-0.15, -0.1) is 0 Å². The number of carbonyl (C=O) groups is 1. The van der Waals surface area contributed by atoms with E-state index in [0.717, 1.165) is 0 Å². The molecule has 0 amide bonds. The van der Waals surface area contributed by atoms with E-state index in [9.17, 15) is 9.90 Å². The fourth-order valence-corrected chi connectivity index (χ4v) is 2.66. The van der Waals surface area contributed by atoms with Gasteiger partial charge in [0.25, 0.3) is 0 Å². The maximum absolute atomic E-state index is 10.8. The van der Waals surface area contributed by atoms with E-state index in [0.29, 0.717) is 18.3 Å². The number of nitrogens with two attached hydrogens (primary N) is 1. The Morgan fingerprint density at radius 2 is 2.25 bits per heavy atom. The highest BCUT2D eigenvalue weighted by Crippen LogP contribution is 2.61. The fraction of sp³-hybridized carbons (Fsp3) is 0.875. The van der Waals surface area contributed by atoms with E-state index in [2.05, 4.69) is 0 Å². The Kier molecular flexibility index (Phi) is 1.34. The molecule has 2 aliphatic carbocycles. The molecule has 2 aliphatic rings. The summed E-state index contributed by atoms with van der Waals surface area (Å²) in [5.41, 5.74) is 4.30. The van der Waals surface area contributed by atoms with Crippen LogP contribution in [0.3, 0.4) is 0 Å². The molecular formula is C8H13NO3. The van der Waals surface area contributed by atoms with Crippen LogP contribution in [0, 0.1) is 17.8 Å². The van der Waals surface area contributed by atoms with Crippen LogP contribution in [0.1, 0.15) is 13.3 Å². The van der Waals surface area contributed by atoms with E-state index >= 15 is 0 Å². The minimum Gasteiger partial charge on any atom is -0.480 e. The van der Waals surface area contributed by atoms with Crippen LogP contribution in [0.4, 0.5) is 0 Å². The summed E-state index contributed by atoms with van der Waals surface area (Å²) in [6.45, 7) is 1.99. The lowest BCUT2D eigenvalue weighted by Crippen LogP contribution is -2.57. The summed E-state index contributed by atoms with van der Waals surface area (Å²) in [4.78, 5) is 10.8. The third-order valence-corrected chi connectivity index (χ3v) is 3.53. The van der Waals surface area contributed by atoms with Gasteiger partial charge < -0.3 is 15.9 Å². The molecule has 0 aromatic carbocycles. The zero-order chi connectivity index (χ0) is 9.09. The van der Waals surface area contributed by atoms with Crippen LogP contribution < -0.4 is 5.73 Å². The smallest absolute Gasteiger partial charge is 0.326 e. The van der Waals surface area contributed by atoms with Crippen molar-refractivity contribution < 1.29 is 15.0 Å². The highest BCUT2D eigenvalue weighted by Gasteiger charge is 2.69. The van der Waals surface area contributed by atoms with E-state index in [1.807, 2.05) is 6.92 Å². The summed E-state index contributed by atoms with van der Waals surface area (Å²) in [5.74, 6) is -0.368. The average molecular weight is 171 g/mol. The monoisotopic (exact) mass is 171 g/mol. The summed E-state index contributed by atoms with van der Waals surface area (Å²) < 4.78 is 0. The average Bonchev–Trinajstić information content (AvgIpc) is 2.49. The predicted molar refractivity (Wildman–Crippen MR) is 41.3 cm³/mol. The second-order valence-corrected chi connectivity index (χ2v) is 4.04. The Morgan fingerprint density at radius 3 is 2.58 bits per heavy atom. The third-order valence-electron chi connectivity index (χ3n) is 3.53. The molecule has 4 unspecified atom stereocenters. The number of hydrogen-bond donors (Lipinski definition) is 3. The van der Waals surface area contributed by atoms with Crippen molar-refractivity contribution in [1.82, 2.24) is 0 Å². The van der Waals surface area contributed by atoms with Crippen LogP contribution in [0.15, 0.2) is 0 Å². The number of carboxylic acid groups (broad SMARTS) is 1. The Labute approximate surface area is 70.4 Å². The SMILES string of the molecule is C[C@H]1C2CC(O)C(N)(C(=O)O)C21. The van der Waals surface area contributed by atoms with Gasteiger partial charge in [0, 0.05) is 0 Å². The number of carboxylic acids is 1. The number of aliphatic carboxylic acids is 1. The first-order chi connectivity index (χ1) is 5.49. The number of rotatable bonds is 1. The van der Waals surface area contributed by atoms with Gasteiger partial charge in [-0.3, -0.25) is 4.79 Å². The van der Waals surface area contributed by atoms with Gasteiger partial charge in [0.1, 0.15) is 5.54 Å². The molecule has 2 rings (SSSR count). The molecule has 2 fully saturated rings. The molecule has 4 heteroatoms. The van der Waals surface area contributed by atoms with Gasteiger partial charge in [0.2, 0.25) is 0 Å². The predicted octanol–water partition coefficient (Wildman–Crippen LogP) is -0.585. The molecule has 0 heterocycles. The first-order valence-corrected chi connectivity index (χ1v) is 4.20. The molecule has 12 heavy (non-hydrogen) atoms. The maximum Gasteiger partial charge on any atom is 0.326 e. The van der Waals surface area contributed by atoms with Crippen molar-refractivity contribution in [2.24, 2.45) is 23.5 Å². The summed E-state index contributed by atoms with van der Waals surface area (Å²) >= 11 is 0. The van der Waals surface area contributed by atoms with Crippen LogP contribution in [0.25, 0.3) is 0 Å². The zero-order valence-corrected chi connectivity index (χ0v) is 6.90. The summed E-state index contributed by atoms with van der Waals surface area (Å²) in [7, 11) is 0. The minimum absolute atomic E-state index is 0.00926. The molecule has 0 bridgehead atoms. The van der Waals surface area contributed by atoms with Crippen molar-refractivity contribution in [3.05, 3.63) is 0 Å². The van der Waals surface area contributed by atoms with Gasteiger partial charge in [-0.1, -0.05) is 6.92 Å². The van der Waals surface area contributed by atoms with E-state index in [1.165, 1.54) is 0 Å². The van der Waals surface area contributed by atoms with Gasteiger partial charge in [-0.05, 0) is 24.2 Å². The molecular weight excluding hydrogens is 158 g/mol. The van der Waals surface area contributed by atoms with E-state index in [1.54, 1.807) is 0 Å². The van der Waals surface area contributed by atoms with Crippen LogP contribution in [-0.4, -0.2) is 27.8 Å². The van der Waals surface area contributed by atoms with Crippen molar-refractivity contribution >= 4 is 5.97 Å². The van der Waals surface area contributed by atoms with Crippen LogP contribution in [0.2, 0.25) is 0 Å². The van der Waals surface area contributed by atoms with Crippen molar-refractivity contribution in [3.8, 4) is 0 Å². The minimum atomic E-state index is -1.37. The molecule has 2 saturated carbocycles. The Hall–Kier alpha value is -0.610. The van der Waals surface area contributed by atoms with Crippen molar-refractivity contribution in [1.29, 1.82) is 0 Å². The van der Waals surface area contributed by atoms with E-state index in [4.69, 9.17) is 10.8 Å². The lowest BCUT2D eigenvalue weighted by molar-refractivity contribution is -0.148. The Morgan fingerprint density at radius 1 is 1.67 bits per heavy atom. The van der Waals surface area contributed by atoms with Gasteiger partial charge >= 0.3 is 5.97 Å². The molecule has 5 atom stereocenters. The van der Waals surface area contributed by atoms with Gasteiger partial charge in [-0.2, -0.15) is 0 Å². The van der Waals surface area contributed by atoms with E-state index < -0.39 is 17.6 Å². The standard InChI is InChI=1S/C8H13NO3/c1-3-4-2-5(10)8(9,6(3)4)7(11)12/h3-6,10H,2,9H2,1H3,(H,11,12)/t3-,4?,5?,6?,8?/m0/s1. The maximum atomic E-state index is 10.8. The van der Waals surface area contributed by atoms with Gasteiger partial charge in [0.15, 0.2) is 0 Å². The first-order valence-electron chi connectivity index (χ1n) is 4.20. The van der Waals surface area contributed by atoms with Crippen molar-refractivity contribution in [3.63, 3.8) is 0 Å². The Balaban J connectivity index is 2.28.